The van der Waals surface area contributed by atoms with Crippen LogP contribution in [0.25, 0.3) is 22.6 Å². The Hall–Kier alpha value is -2.83. The smallest absolute Gasteiger partial charge is 0.162 e. The maximum atomic E-state index is 14.4. The average molecular weight is 392 g/mol. The van der Waals surface area contributed by atoms with Crippen LogP contribution in [0.15, 0.2) is 60.7 Å². The number of hydrogen-bond acceptors (Lipinski definition) is 5. The Balaban J connectivity index is 1.52. The van der Waals surface area contributed by atoms with Crippen molar-refractivity contribution in [3.05, 3.63) is 66.5 Å². The summed E-state index contributed by atoms with van der Waals surface area (Å²) in [5.74, 6) is 1.00. The van der Waals surface area contributed by atoms with Gasteiger partial charge in [-0.05, 0) is 25.1 Å². The first-order valence-electron chi connectivity index (χ1n) is 10.0. The highest BCUT2D eigenvalue weighted by atomic mass is 19.1. The summed E-state index contributed by atoms with van der Waals surface area (Å²) in [4.78, 5) is 11.7. The molecule has 1 aliphatic heterocycles. The van der Waals surface area contributed by atoms with Crippen LogP contribution in [-0.4, -0.2) is 54.3 Å². The van der Waals surface area contributed by atoms with Gasteiger partial charge in [0.25, 0.3) is 0 Å². The number of rotatable bonds is 7. The third-order valence-electron chi connectivity index (χ3n) is 4.97. The van der Waals surface area contributed by atoms with Crippen molar-refractivity contribution in [1.29, 1.82) is 0 Å². The van der Waals surface area contributed by atoms with E-state index in [9.17, 15) is 4.39 Å². The van der Waals surface area contributed by atoms with Crippen LogP contribution < -0.4 is 5.32 Å². The van der Waals surface area contributed by atoms with Crippen molar-refractivity contribution in [2.45, 2.75) is 6.42 Å². The number of nitrogens with zero attached hydrogens (tertiary/aromatic N) is 3. The van der Waals surface area contributed by atoms with Crippen molar-refractivity contribution in [2.24, 2.45) is 0 Å². The fourth-order valence-corrected chi connectivity index (χ4v) is 3.40. The summed E-state index contributed by atoms with van der Waals surface area (Å²) in [7, 11) is 0. The molecular formula is C23H25FN4O. The fraction of sp³-hybridized carbons (Fsp3) is 0.304. The van der Waals surface area contributed by atoms with Crippen molar-refractivity contribution in [1.82, 2.24) is 14.9 Å². The van der Waals surface area contributed by atoms with Gasteiger partial charge >= 0.3 is 0 Å². The Morgan fingerprint density at radius 1 is 0.966 bits per heavy atom. The Morgan fingerprint density at radius 2 is 1.72 bits per heavy atom. The summed E-state index contributed by atoms with van der Waals surface area (Å²) in [6, 6.07) is 18.3. The number of anilines is 1. The molecule has 6 heteroatoms. The summed E-state index contributed by atoms with van der Waals surface area (Å²) >= 11 is 0. The molecular weight excluding hydrogens is 367 g/mol. The molecule has 150 valence electrons. The molecule has 0 amide bonds. The van der Waals surface area contributed by atoms with Crippen LogP contribution in [0.1, 0.15) is 6.42 Å². The van der Waals surface area contributed by atoms with Crippen LogP contribution in [0.4, 0.5) is 10.2 Å². The number of benzene rings is 2. The Bertz CT molecular complexity index is 929. The highest BCUT2D eigenvalue weighted by Crippen LogP contribution is 2.26. The standard InChI is InChI=1S/C23H25FN4O/c24-20-10-5-4-9-19(20)21-17-22(25-11-6-12-28-13-15-29-16-14-28)27-23(26-21)18-7-2-1-3-8-18/h1-5,7-10,17H,6,11-16H2,(H,25,26,27). The number of aromatic nitrogens is 2. The molecule has 3 aromatic rings. The zero-order valence-electron chi connectivity index (χ0n) is 16.4. The Labute approximate surface area is 170 Å². The number of ether oxygens (including phenoxy) is 1. The van der Waals surface area contributed by atoms with Crippen molar-refractivity contribution in [2.75, 3.05) is 44.7 Å². The van der Waals surface area contributed by atoms with E-state index in [4.69, 9.17) is 4.74 Å². The van der Waals surface area contributed by atoms with Crippen LogP contribution >= 0.6 is 0 Å². The lowest BCUT2D eigenvalue weighted by molar-refractivity contribution is 0.0378. The lowest BCUT2D eigenvalue weighted by Gasteiger charge is -2.26. The van der Waals surface area contributed by atoms with Gasteiger partial charge < -0.3 is 10.1 Å². The third-order valence-corrected chi connectivity index (χ3v) is 4.97. The molecule has 2 heterocycles. The van der Waals surface area contributed by atoms with Gasteiger partial charge in [-0.1, -0.05) is 42.5 Å². The molecule has 0 atom stereocenters. The van der Waals surface area contributed by atoms with Gasteiger partial charge in [-0.15, -0.1) is 0 Å². The van der Waals surface area contributed by atoms with Crippen molar-refractivity contribution in [3.63, 3.8) is 0 Å². The van der Waals surface area contributed by atoms with Gasteiger partial charge in [-0.25, -0.2) is 14.4 Å². The summed E-state index contributed by atoms with van der Waals surface area (Å²) in [6.07, 6.45) is 1.000. The van der Waals surface area contributed by atoms with Gasteiger partial charge in [0.2, 0.25) is 0 Å². The largest absolute Gasteiger partial charge is 0.379 e. The molecule has 2 aromatic carbocycles. The number of hydrogen-bond donors (Lipinski definition) is 1. The zero-order chi connectivity index (χ0) is 19.9. The fourth-order valence-electron chi connectivity index (χ4n) is 3.40. The Morgan fingerprint density at radius 3 is 2.52 bits per heavy atom. The predicted molar refractivity (Wildman–Crippen MR) is 113 cm³/mol. The lowest BCUT2D eigenvalue weighted by Crippen LogP contribution is -2.37. The van der Waals surface area contributed by atoms with E-state index < -0.39 is 0 Å². The highest BCUT2D eigenvalue weighted by Gasteiger charge is 2.12. The maximum absolute atomic E-state index is 14.4. The van der Waals surface area contributed by atoms with Gasteiger partial charge in [0, 0.05) is 36.8 Å². The minimum absolute atomic E-state index is 0.288. The van der Waals surface area contributed by atoms with Crippen LogP contribution in [0.5, 0.6) is 0 Å². The normalized spacial score (nSPS) is 14.7. The summed E-state index contributed by atoms with van der Waals surface area (Å²) in [5.41, 5.74) is 1.96. The van der Waals surface area contributed by atoms with Gasteiger partial charge in [-0.2, -0.15) is 0 Å². The summed E-state index contributed by atoms with van der Waals surface area (Å²) in [6.45, 7) is 5.41. The van der Waals surface area contributed by atoms with Gasteiger partial charge in [0.15, 0.2) is 5.82 Å². The predicted octanol–water partition coefficient (Wildman–Crippen LogP) is 4.08. The van der Waals surface area contributed by atoms with Gasteiger partial charge in [-0.3, -0.25) is 4.90 Å². The molecule has 5 nitrogen and oxygen atoms in total. The van der Waals surface area contributed by atoms with Crippen LogP contribution in [0.2, 0.25) is 0 Å². The van der Waals surface area contributed by atoms with Gasteiger partial charge in [0.05, 0.1) is 18.9 Å². The summed E-state index contributed by atoms with van der Waals surface area (Å²) < 4.78 is 19.7. The quantitative estimate of drug-likeness (QED) is 0.614. The second-order valence-corrected chi connectivity index (χ2v) is 7.04. The van der Waals surface area contributed by atoms with Crippen molar-refractivity contribution >= 4 is 5.82 Å². The monoisotopic (exact) mass is 392 g/mol. The maximum Gasteiger partial charge on any atom is 0.162 e. The summed E-state index contributed by atoms with van der Waals surface area (Å²) in [5, 5.41) is 3.39. The molecule has 1 fully saturated rings. The molecule has 0 aliphatic carbocycles. The van der Waals surface area contributed by atoms with Crippen LogP contribution in [0, 0.1) is 5.82 Å². The van der Waals surface area contributed by atoms with E-state index in [0.717, 1.165) is 51.4 Å². The molecule has 29 heavy (non-hydrogen) atoms. The molecule has 0 saturated carbocycles. The van der Waals surface area contributed by atoms with E-state index in [1.807, 2.05) is 42.5 Å². The third kappa shape index (κ3) is 5.16. The first-order valence-corrected chi connectivity index (χ1v) is 10.0. The molecule has 0 radical (unpaired) electrons. The lowest BCUT2D eigenvalue weighted by atomic mass is 10.1. The molecule has 0 unspecified atom stereocenters. The number of morpholine rings is 1. The first kappa shape index (κ1) is 19.5. The minimum Gasteiger partial charge on any atom is -0.379 e. The van der Waals surface area contributed by atoms with E-state index >= 15 is 0 Å². The second kappa shape index (κ2) is 9.58. The van der Waals surface area contributed by atoms with E-state index in [-0.39, 0.29) is 5.82 Å². The molecule has 4 rings (SSSR count). The van der Waals surface area contributed by atoms with Crippen molar-refractivity contribution in [3.8, 4) is 22.6 Å². The van der Waals surface area contributed by atoms with Crippen molar-refractivity contribution < 1.29 is 9.13 Å². The van der Waals surface area contributed by atoms with Gasteiger partial charge in [0.1, 0.15) is 11.6 Å². The second-order valence-electron chi connectivity index (χ2n) is 7.04. The molecule has 1 aliphatic rings. The first-order chi connectivity index (χ1) is 14.3. The van der Waals surface area contributed by atoms with E-state index in [1.54, 1.807) is 12.1 Å². The number of halogens is 1. The SMILES string of the molecule is Fc1ccccc1-c1cc(NCCCN2CCOCC2)nc(-c2ccccc2)n1. The minimum atomic E-state index is -0.288. The van der Waals surface area contributed by atoms with Crippen LogP contribution in [-0.2, 0) is 4.74 Å². The molecule has 0 spiro atoms. The highest BCUT2D eigenvalue weighted by molar-refractivity contribution is 5.67. The Kier molecular flexibility index (Phi) is 6.44. The van der Waals surface area contributed by atoms with E-state index in [0.29, 0.717) is 22.9 Å². The zero-order valence-corrected chi connectivity index (χ0v) is 16.4. The van der Waals surface area contributed by atoms with E-state index in [2.05, 4.69) is 20.2 Å². The van der Waals surface area contributed by atoms with Crippen LogP contribution in [0.3, 0.4) is 0 Å². The number of nitrogens with one attached hydrogen (secondary N) is 1. The van der Waals surface area contributed by atoms with E-state index in [1.165, 1.54) is 6.07 Å². The molecule has 1 aromatic heterocycles. The topological polar surface area (TPSA) is 50.3 Å². The molecule has 0 bridgehead atoms. The molecule has 1 saturated heterocycles. The average Bonchev–Trinajstić information content (AvgIpc) is 2.78. The molecule has 1 N–H and O–H groups in total.